The van der Waals surface area contributed by atoms with E-state index in [1.807, 2.05) is 18.2 Å². The third-order valence-electron chi connectivity index (χ3n) is 3.27. The summed E-state index contributed by atoms with van der Waals surface area (Å²) in [5.41, 5.74) is 2.01. The Labute approximate surface area is 110 Å². The number of hydrogen-bond acceptors (Lipinski definition) is 3. The summed E-state index contributed by atoms with van der Waals surface area (Å²) < 4.78 is 5.10. The molecular formula is C16H12O3. The van der Waals surface area contributed by atoms with Crippen LogP contribution in [0.3, 0.4) is 0 Å². The molecule has 0 N–H and O–H groups in total. The first-order chi connectivity index (χ1) is 9.19. The van der Waals surface area contributed by atoms with E-state index in [1.165, 1.54) is 12.2 Å². The zero-order chi connectivity index (χ0) is 13.4. The first-order valence-electron chi connectivity index (χ1n) is 6.01. The van der Waals surface area contributed by atoms with Crippen molar-refractivity contribution in [2.24, 2.45) is 0 Å². The fraction of sp³-hybridized carbons (Fsp3) is 0.125. The van der Waals surface area contributed by atoms with Crippen LogP contribution in [0.25, 0.3) is 10.8 Å². The molecule has 0 amide bonds. The van der Waals surface area contributed by atoms with Gasteiger partial charge in [-0.2, -0.15) is 0 Å². The number of carbonyl (C=O) groups is 2. The first-order valence-corrected chi connectivity index (χ1v) is 6.01. The van der Waals surface area contributed by atoms with E-state index in [-0.39, 0.29) is 11.6 Å². The number of fused-ring (bicyclic) bond motifs is 2. The topological polar surface area (TPSA) is 43.4 Å². The Balaban J connectivity index is 2.22. The lowest BCUT2D eigenvalue weighted by atomic mass is 9.91. The molecule has 1 aliphatic carbocycles. The van der Waals surface area contributed by atoms with E-state index in [9.17, 15) is 9.59 Å². The number of carbonyl (C=O) groups excluding carboxylic acids is 2. The van der Waals surface area contributed by atoms with Crippen LogP contribution in [0.2, 0.25) is 0 Å². The van der Waals surface area contributed by atoms with Gasteiger partial charge in [0, 0.05) is 18.2 Å². The molecule has 0 atom stereocenters. The molecular weight excluding hydrogens is 240 g/mol. The van der Waals surface area contributed by atoms with Gasteiger partial charge in [0.25, 0.3) is 0 Å². The first kappa shape index (κ1) is 11.8. The normalized spacial score (nSPS) is 13.9. The maximum absolute atomic E-state index is 11.8. The smallest absolute Gasteiger partial charge is 0.186 e. The Morgan fingerprint density at radius 3 is 2.16 bits per heavy atom. The molecule has 0 fully saturated rings. The van der Waals surface area contributed by atoms with Crippen LogP contribution >= 0.6 is 0 Å². The molecule has 19 heavy (non-hydrogen) atoms. The molecule has 0 spiro atoms. The van der Waals surface area contributed by atoms with Crippen molar-refractivity contribution in [3.05, 3.63) is 59.2 Å². The SMILES string of the molecule is COCc1ccc2cc3c(cc2c1)C(=O)C=CC3=O. The summed E-state index contributed by atoms with van der Waals surface area (Å²) in [7, 11) is 1.64. The van der Waals surface area contributed by atoms with Gasteiger partial charge in [0.1, 0.15) is 0 Å². The van der Waals surface area contributed by atoms with Crippen LogP contribution in [0.15, 0.2) is 42.5 Å². The molecule has 2 aromatic carbocycles. The molecule has 0 unspecified atom stereocenters. The molecule has 2 aromatic rings. The van der Waals surface area contributed by atoms with Crippen LogP contribution in [-0.2, 0) is 11.3 Å². The average Bonchev–Trinajstić information content (AvgIpc) is 2.42. The molecule has 3 heteroatoms. The lowest BCUT2D eigenvalue weighted by Crippen LogP contribution is -2.11. The molecule has 0 saturated carbocycles. The monoisotopic (exact) mass is 252 g/mol. The lowest BCUT2D eigenvalue weighted by Gasteiger charge is -2.11. The van der Waals surface area contributed by atoms with Crippen LogP contribution in [0.4, 0.5) is 0 Å². The Kier molecular flexibility index (Phi) is 2.76. The maximum atomic E-state index is 11.8. The van der Waals surface area contributed by atoms with Gasteiger partial charge in [-0.3, -0.25) is 9.59 Å². The Hall–Kier alpha value is -2.26. The van der Waals surface area contributed by atoms with Crippen LogP contribution < -0.4 is 0 Å². The van der Waals surface area contributed by atoms with Gasteiger partial charge in [0.05, 0.1) is 6.61 Å². The summed E-state index contributed by atoms with van der Waals surface area (Å²) >= 11 is 0. The fourth-order valence-corrected chi connectivity index (χ4v) is 2.34. The largest absolute Gasteiger partial charge is 0.380 e. The summed E-state index contributed by atoms with van der Waals surface area (Å²) in [6.45, 7) is 0.528. The maximum Gasteiger partial charge on any atom is 0.186 e. The van der Waals surface area contributed by atoms with Crippen molar-refractivity contribution < 1.29 is 14.3 Å². The van der Waals surface area contributed by atoms with Gasteiger partial charge in [-0.1, -0.05) is 12.1 Å². The summed E-state index contributed by atoms with van der Waals surface area (Å²) in [6, 6.07) is 9.46. The predicted molar refractivity (Wildman–Crippen MR) is 72.5 cm³/mol. The van der Waals surface area contributed by atoms with Gasteiger partial charge in [0.2, 0.25) is 0 Å². The van der Waals surface area contributed by atoms with Crippen LogP contribution in [0.1, 0.15) is 26.3 Å². The number of methoxy groups -OCH3 is 1. The molecule has 0 saturated heterocycles. The Morgan fingerprint density at radius 1 is 0.895 bits per heavy atom. The highest BCUT2D eigenvalue weighted by atomic mass is 16.5. The summed E-state index contributed by atoms with van der Waals surface area (Å²) in [5.74, 6) is -0.230. The average molecular weight is 252 g/mol. The minimum absolute atomic E-state index is 0.113. The van der Waals surface area contributed by atoms with E-state index in [0.29, 0.717) is 17.7 Å². The van der Waals surface area contributed by atoms with Crippen LogP contribution in [0, 0.1) is 0 Å². The van der Waals surface area contributed by atoms with Crippen LogP contribution in [0.5, 0.6) is 0 Å². The van der Waals surface area contributed by atoms with Crippen molar-refractivity contribution in [3.8, 4) is 0 Å². The highest BCUT2D eigenvalue weighted by Crippen LogP contribution is 2.25. The Bertz CT molecular complexity index is 726. The zero-order valence-corrected chi connectivity index (χ0v) is 10.5. The number of hydrogen-bond donors (Lipinski definition) is 0. The minimum atomic E-state index is -0.117. The standard InChI is InChI=1S/C16H12O3/c1-19-9-10-2-3-11-7-13-14(8-12(11)6-10)16(18)5-4-15(13)17/h2-8H,9H2,1H3. The van der Waals surface area contributed by atoms with E-state index in [2.05, 4.69) is 0 Å². The van der Waals surface area contributed by atoms with Crippen molar-refractivity contribution in [2.75, 3.05) is 7.11 Å². The Morgan fingerprint density at radius 2 is 1.53 bits per heavy atom. The van der Waals surface area contributed by atoms with Gasteiger partial charge in [-0.05, 0) is 46.7 Å². The van der Waals surface area contributed by atoms with Gasteiger partial charge in [-0.25, -0.2) is 0 Å². The van der Waals surface area contributed by atoms with E-state index >= 15 is 0 Å². The van der Waals surface area contributed by atoms with E-state index in [4.69, 9.17) is 4.74 Å². The summed E-state index contributed by atoms with van der Waals surface area (Å²) in [5, 5.41) is 1.90. The number of ketones is 2. The van der Waals surface area contributed by atoms with E-state index in [0.717, 1.165) is 16.3 Å². The van der Waals surface area contributed by atoms with Crippen molar-refractivity contribution in [3.63, 3.8) is 0 Å². The molecule has 0 bridgehead atoms. The molecule has 0 aliphatic heterocycles. The molecule has 94 valence electrons. The highest BCUT2D eigenvalue weighted by Gasteiger charge is 2.19. The van der Waals surface area contributed by atoms with Crippen molar-refractivity contribution in [1.82, 2.24) is 0 Å². The highest BCUT2D eigenvalue weighted by molar-refractivity contribution is 6.23. The summed E-state index contributed by atoms with van der Waals surface area (Å²) in [6.07, 6.45) is 2.66. The molecule has 1 aliphatic rings. The summed E-state index contributed by atoms with van der Waals surface area (Å²) in [4.78, 5) is 23.6. The quantitative estimate of drug-likeness (QED) is 0.825. The van der Waals surface area contributed by atoms with E-state index < -0.39 is 0 Å². The van der Waals surface area contributed by atoms with Crippen molar-refractivity contribution >= 4 is 22.3 Å². The minimum Gasteiger partial charge on any atom is -0.380 e. The van der Waals surface area contributed by atoms with Gasteiger partial charge in [-0.15, -0.1) is 0 Å². The third-order valence-corrected chi connectivity index (χ3v) is 3.27. The fourth-order valence-electron chi connectivity index (χ4n) is 2.34. The van der Waals surface area contributed by atoms with E-state index in [1.54, 1.807) is 19.2 Å². The molecule has 3 rings (SSSR count). The number of allylic oxidation sites excluding steroid dienone is 2. The molecule has 0 aromatic heterocycles. The lowest BCUT2D eigenvalue weighted by molar-refractivity contribution is 0.0994. The van der Waals surface area contributed by atoms with Gasteiger partial charge in [0.15, 0.2) is 11.6 Å². The number of ether oxygens (including phenoxy) is 1. The molecule has 0 heterocycles. The second-order valence-corrected chi connectivity index (χ2v) is 4.57. The molecule has 3 nitrogen and oxygen atoms in total. The van der Waals surface area contributed by atoms with Gasteiger partial charge < -0.3 is 4.74 Å². The third kappa shape index (κ3) is 1.98. The second-order valence-electron chi connectivity index (χ2n) is 4.57. The van der Waals surface area contributed by atoms with Crippen LogP contribution in [-0.4, -0.2) is 18.7 Å². The molecule has 0 radical (unpaired) electrons. The zero-order valence-electron chi connectivity index (χ0n) is 10.5. The van der Waals surface area contributed by atoms with Crippen molar-refractivity contribution in [2.45, 2.75) is 6.61 Å². The van der Waals surface area contributed by atoms with Crippen molar-refractivity contribution in [1.29, 1.82) is 0 Å². The number of rotatable bonds is 2. The predicted octanol–water partition coefficient (Wildman–Crippen LogP) is 2.92. The van der Waals surface area contributed by atoms with Gasteiger partial charge >= 0.3 is 0 Å². The number of benzene rings is 2. The second kappa shape index (κ2) is 4.44.